The Balaban J connectivity index is 0.000000162. The molecule has 4 fully saturated rings. The molecule has 4 atom stereocenters. The van der Waals surface area contributed by atoms with Gasteiger partial charge in [0.05, 0.1) is 80.8 Å². The molecule has 4 saturated heterocycles. The fraction of sp³-hybridized carbons (Fsp3) is 0.500. The Morgan fingerprint density at radius 1 is 0.523 bits per heavy atom. The van der Waals surface area contributed by atoms with Gasteiger partial charge in [0.2, 0.25) is 23.6 Å². The quantitative estimate of drug-likeness (QED) is 0.0218. The van der Waals surface area contributed by atoms with Crippen molar-refractivity contribution in [2.24, 2.45) is 0 Å². The summed E-state index contributed by atoms with van der Waals surface area (Å²) in [5.41, 5.74) is 8.71. The molecule has 12 aromatic heterocycles. The molecule has 0 bridgehead atoms. The number of fused-ring (bicyclic) bond motifs is 4. The minimum atomic E-state index is -1.15. The molecule has 3 amide bonds. The van der Waals surface area contributed by atoms with Crippen molar-refractivity contribution >= 4 is 123 Å². The number of aromatic amines is 2. The summed E-state index contributed by atoms with van der Waals surface area (Å²) in [6, 6.07) is 14.5. The molecule has 0 radical (unpaired) electrons. The maximum Gasteiger partial charge on any atom is 0.410 e. The van der Waals surface area contributed by atoms with Gasteiger partial charge in [0.15, 0.2) is 6.39 Å². The number of nitrogens with zero attached hydrogens (tertiary/aromatic N) is 15. The summed E-state index contributed by atoms with van der Waals surface area (Å²) in [5.74, 6) is 3.58. The Bertz CT molecular complexity index is 5790. The number of carbonyl (C=O) groups excluding carboxylic acids is 3. The number of nitriles is 2. The minimum absolute atomic E-state index is 0.0537. The van der Waals surface area contributed by atoms with Crippen LogP contribution >= 0.6 is 15.9 Å². The molecule has 696 valence electrons. The molecule has 35 nitrogen and oxygen atoms in total. The highest BCUT2D eigenvalue weighted by Gasteiger charge is 2.33. The molecule has 130 heavy (non-hydrogen) atoms. The zero-order chi connectivity index (χ0) is 93.5. The van der Waals surface area contributed by atoms with Crippen LogP contribution in [0.2, 0.25) is 51.4 Å². The zero-order valence-corrected chi connectivity index (χ0v) is 81.1. The van der Waals surface area contributed by atoms with E-state index >= 15 is 0 Å². The third kappa shape index (κ3) is 29.0. The highest BCUT2D eigenvalue weighted by atomic mass is 79.9. The van der Waals surface area contributed by atoms with Crippen molar-refractivity contribution in [1.82, 2.24) is 79.0 Å². The van der Waals surface area contributed by atoms with Crippen LogP contribution in [0.4, 0.5) is 32.3 Å². The van der Waals surface area contributed by atoms with Gasteiger partial charge in [-0.3, -0.25) is 9.59 Å². The molecule has 4 aliphatic heterocycles. The first-order valence-corrected chi connectivity index (χ1v) is 52.4. The first-order chi connectivity index (χ1) is 61.9. The van der Waals surface area contributed by atoms with Crippen LogP contribution in [0, 0.1) is 50.4 Å². The molecule has 0 saturated carbocycles. The summed E-state index contributed by atoms with van der Waals surface area (Å²) >= 11 is 3.66. The monoisotopic (exact) mass is 1880 g/mol. The highest BCUT2D eigenvalue weighted by Crippen LogP contribution is 2.40. The Morgan fingerprint density at radius 3 is 1.32 bits per heavy atom. The summed E-state index contributed by atoms with van der Waals surface area (Å²) in [5, 5.41) is 46.2. The van der Waals surface area contributed by atoms with Crippen LogP contribution in [-0.2, 0) is 42.0 Å². The van der Waals surface area contributed by atoms with Crippen molar-refractivity contribution in [3.63, 3.8) is 0 Å². The first kappa shape index (κ1) is 98.6. The third-order valence-corrected chi connectivity index (χ3v) is 25.3. The molecule has 12 aromatic rings. The van der Waals surface area contributed by atoms with Gasteiger partial charge in [0.25, 0.3) is 0 Å². The van der Waals surface area contributed by atoms with Crippen LogP contribution in [0.5, 0.6) is 0 Å². The number of carbonyl (C=O) groups is 4. The SMILES string of the molecule is CC(C)(C)OC(=O)N1CCC[C@@H](Nc2c(Br)cnc3c2ccn3COCC[Si](C)(C)C)C1.Cc1cnc(-c2cnc3[nH]ccc3c2N[C@@H]2CCCN(C(=O)CC#N)C2)o1.Cc1cnc(-c2cnc3[nH]ccc3c2N[C@@H]2CCCNC2)o1.Cc1cnc(-c2cnc3c(ccn3COCC[Si](C)(C)C)c2N[C@@H]2CCCN(C(=O)OC(C)(C)C)C2)o1.Cc1cnco1.N#CCC(=O)O. The van der Waals surface area contributed by atoms with Crippen molar-refractivity contribution < 1.29 is 60.9 Å². The van der Waals surface area contributed by atoms with Gasteiger partial charge >= 0.3 is 18.2 Å². The number of likely N-dealkylation sites (tertiary alicyclic amines) is 3. The number of aromatic nitrogens is 12. The smallest absolute Gasteiger partial charge is 0.410 e. The lowest BCUT2D eigenvalue weighted by Gasteiger charge is -2.35. The molecule has 8 N–H and O–H groups in total. The van der Waals surface area contributed by atoms with E-state index in [4.69, 9.17) is 57.2 Å². The number of H-pyrrole nitrogens is 2. The molecule has 0 aliphatic carbocycles. The average Bonchev–Trinajstić information content (AvgIpc) is 1.61. The summed E-state index contributed by atoms with van der Waals surface area (Å²) in [6.45, 7) is 41.4. The van der Waals surface area contributed by atoms with Crippen LogP contribution in [0.1, 0.15) is 129 Å². The molecule has 0 spiro atoms. The van der Waals surface area contributed by atoms with Crippen LogP contribution in [-0.4, -0.2) is 220 Å². The van der Waals surface area contributed by atoms with E-state index in [0.29, 0.717) is 69.9 Å². The predicted octanol–water partition coefficient (Wildman–Crippen LogP) is 18.5. The normalized spacial score (nSPS) is 16.5. The van der Waals surface area contributed by atoms with E-state index < -0.39 is 39.7 Å². The van der Waals surface area contributed by atoms with Gasteiger partial charge in [0, 0.05) is 170 Å². The Hall–Kier alpha value is -11.9. The Kier molecular flexibility index (Phi) is 34.6. The van der Waals surface area contributed by atoms with Gasteiger partial charge in [-0.25, -0.2) is 49.5 Å². The fourth-order valence-electron chi connectivity index (χ4n) is 14.9. The second-order valence-electron chi connectivity index (χ2n) is 37.2. The van der Waals surface area contributed by atoms with E-state index in [1.807, 2.05) is 140 Å². The zero-order valence-electron chi connectivity index (χ0n) is 77.5. The number of carboxylic acid groups (broad SMARTS) is 1. The van der Waals surface area contributed by atoms with E-state index in [1.54, 1.807) is 45.7 Å². The standard InChI is InChI=1S/C27H41N5O4Si.C23H37BrN4O3Si.C19H20N6O2.C16H19N5O.C4H5NO.C3H3NO2/c1-19-15-29-25(35-19)22-16-28-24-21(10-12-32(24)18-34-13-14-37(5,6)7)23(22)30-20-9-8-11-31(17-20)26(33)36-27(2,3)4;1-23(2,3)31-22(29)27-10-7-8-17(15-27)26-20-18-9-11-28(21(18)25-14-19(20)24)16-30-12-13-32(4,5)6;1-12-9-23-19(27-12)15-10-22-18-14(5-7-21-18)17(15)24-13-3-2-8-25(11-13)16(26)4-6-20;1-10-7-20-16(22-10)13-9-19-15-12(4-6-18-15)14(13)21-11-3-2-5-17-8-11;1-4-2-5-3-6-4;4-2-1-3(5)6/h10,12,15-16,20H,8-9,11,13-14,17-18H2,1-7H3,(H,28,30);9,11,14,17H,7-8,10,12-13,15-16H2,1-6H3,(H,25,26);5,7,9-10,13H,2-4,8,11H2,1H3,(H2,21,22,24);4,6-7,9,11,17H,2-3,5,8H2,1H3,(H2,18,19,21);2-3H,1H3;1H2,(H,5,6)/t20-;17-;13-;11-;;/m1111../s1. The molecule has 16 heterocycles. The number of rotatable bonds is 23. The fourth-order valence-corrected chi connectivity index (χ4v) is 16.9. The number of hydrogen-bond acceptors (Lipinski definition) is 27. The van der Waals surface area contributed by atoms with Gasteiger partial charge in [-0.05, 0) is 179 Å². The molecule has 4 aliphatic rings. The van der Waals surface area contributed by atoms with E-state index in [0.717, 1.165) is 201 Å². The molecular weight excluding hydrogens is 1760 g/mol. The maximum atomic E-state index is 12.7. The lowest BCUT2D eigenvalue weighted by atomic mass is 10.0. The van der Waals surface area contributed by atoms with Crippen LogP contribution < -0.4 is 26.6 Å². The summed E-state index contributed by atoms with van der Waals surface area (Å²) in [6.07, 6.45) is 30.2. The van der Waals surface area contributed by atoms with Gasteiger partial charge in [-0.15, -0.1) is 0 Å². The number of oxazole rings is 4. The summed E-state index contributed by atoms with van der Waals surface area (Å²) in [4.78, 5) is 93.5. The van der Waals surface area contributed by atoms with E-state index in [-0.39, 0.29) is 42.6 Å². The second-order valence-corrected chi connectivity index (χ2v) is 49.3. The molecule has 38 heteroatoms. The number of pyridine rings is 4. The van der Waals surface area contributed by atoms with Crippen molar-refractivity contribution in [2.75, 3.05) is 86.8 Å². The van der Waals surface area contributed by atoms with Crippen LogP contribution in [0.3, 0.4) is 0 Å². The predicted molar refractivity (Wildman–Crippen MR) is 509 cm³/mol. The second kappa shape index (κ2) is 45.5. The first-order valence-electron chi connectivity index (χ1n) is 44.2. The molecule has 0 aromatic carbocycles. The number of ether oxygens (including phenoxy) is 4. The minimum Gasteiger partial charge on any atom is -0.480 e. The molecular formula is C92H125BrN22O13Si2. The third-order valence-electron chi connectivity index (χ3n) is 21.3. The van der Waals surface area contributed by atoms with Crippen molar-refractivity contribution in [3.8, 4) is 46.5 Å². The number of anilines is 4. The largest absolute Gasteiger partial charge is 0.480 e. The number of amides is 3. The summed E-state index contributed by atoms with van der Waals surface area (Å²) in [7, 11) is -2.26. The number of piperidine rings is 4. The highest BCUT2D eigenvalue weighted by molar-refractivity contribution is 9.10. The number of hydrogen-bond donors (Lipinski definition) is 8. The molecule has 16 rings (SSSR count). The number of halogens is 1. The Morgan fingerprint density at radius 2 is 0.938 bits per heavy atom. The number of aliphatic carboxylic acids is 1. The summed E-state index contributed by atoms with van der Waals surface area (Å²) < 4.78 is 50.1. The Labute approximate surface area is 768 Å². The number of aryl methyl sites for hydroxylation is 4. The lowest BCUT2D eigenvalue weighted by molar-refractivity contribution is -0.136. The van der Waals surface area contributed by atoms with E-state index in [2.05, 4.69) is 139 Å². The number of carboxylic acids is 1. The van der Waals surface area contributed by atoms with Crippen LogP contribution in [0.25, 0.3) is 78.5 Å². The van der Waals surface area contributed by atoms with Crippen molar-refractivity contribution in [3.05, 3.63) is 133 Å². The van der Waals surface area contributed by atoms with Crippen LogP contribution in [0.15, 0.2) is 127 Å². The topological polar surface area (TPSA) is 440 Å². The van der Waals surface area contributed by atoms with E-state index in [9.17, 15) is 19.2 Å². The van der Waals surface area contributed by atoms with Gasteiger partial charge in [-0.1, -0.05) is 39.3 Å². The average molecular weight is 1880 g/mol. The number of nitrogens with one attached hydrogen (secondary N) is 7. The maximum absolute atomic E-state index is 12.7. The van der Waals surface area contributed by atoms with Gasteiger partial charge < -0.3 is 102 Å². The van der Waals surface area contributed by atoms with Crippen molar-refractivity contribution in [2.45, 2.75) is 234 Å². The van der Waals surface area contributed by atoms with Gasteiger partial charge in [0.1, 0.15) is 83.1 Å². The lowest BCUT2D eigenvalue weighted by Crippen LogP contribution is -2.47. The van der Waals surface area contributed by atoms with E-state index in [1.165, 1.54) is 18.9 Å². The van der Waals surface area contributed by atoms with Crippen molar-refractivity contribution in [1.29, 1.82) is 10.5 Å². The van der Waals surface area contributed by atoms with Gasteiger partial charge in [-0.2, -0.15) is 10.5 Å². The molecule has 0 unspecified atom stereocenters.